The van der Waals surface area contributed by atoms with Gasteiger partial charge in [-0.3, -0.25) is 4.79 Å². The number of rotatable bonds is 1. The third kappa shape index (κ3) is 1.42. The number of aryl methyl sites for hydroxylation is 1. The maximum absolute atomic E-state index is 11.8. The number of aromatic nitrogens is 1. The molecule has 1 aromatic heterocycles. The minimum Gasteiger partial charge on any atom is -0.477 e. The molecule has 5 nitrogen and oxygen atoms in total. The predicted octanol–water partition coefficient (Wildman–Crippen LogP) is 1.12. The van der Waals surface area contributed by atoms with E-state index in [0.717, 1.165) is 5.56 Å². The van der Waals surface area contributed by atoms with E-state index in [1.54, 1.807) is 6.07 Å². The summed E-state index contributed by atoms with van der Waals surface area (Å²) in [6, 6.07) is 3.22. The summed E-state index contributed by atoms with van der Waals surface area (Å²) < 4.78 is 0. The largest absolute Gasteiger partial charge is 0.477 e. The van der Waals surface area contributed by atoms with Gasteiger partial charge in [-0.1, -0.05) is 0 Å². The number of nitrogens with one attached hydrogen (secondary N) is 1. The highest BCUT2D eigenvalue weighted by molar-refractivity contribution is 5.93. The third-order valence-electron chi connectivity index (χ3n) is 2.50. The summed E-state index contributed by atoms with van der Waals surface area (Å²) in [6.07, 6.45) is 1.20. The van der Waals surface area contributed by atoms with Gasteiger partial charge in [0.1, 0.15) is 5.56 Å². The number of pyridine rings is 1. The van der Waals surface area contributed by atoms with Crippen molar-refractivity contribution in [3.8, 4) is 0 Å². The number of carboxylic acids is 1. The first kappa shape index (κ1) is 10.2. The van der Waals surface area contributed by atoms with Gasteiger partial charge in [-0.2, -0.15) is 0 Å². The molecular weight excluding hydrogens is 208 g/mol. The molecule has 1 heterocycles. The van der Waals surface area contributed by atoms with E-state index in [1.807, 2.05) is 6.92 Å². The van der Waals surface area contributed by atoms with Crippen LogP contribution in [0.25, 0.3) is 10.9 Å². The number of carbonyl (C=O) groups is 1. The Morgan fingerprint density at radius 2 is 2.12 bits per heavy atom. The summed E-state index contributed by atoms with van der Waals surface area (Å²) in [6.45, 7) is 1.82. The molecule has 4 N–H and O–H groups in total. The Hall–Kier alpha value is -2.30. The molecule has 0 spiro atoms. The number of nitrogen functional groups attached to an aromatic ring is 1. The molecule has 5 heteroatoms. The van der Waals surface area contributed by atoms with E-state index < -0.39 is 11.4 Å². The quantitative estimate of drug-likeness (QED) is 0.625. The van der Waals surface area contributed by atoms with Gasteiger partial charge >= 0.3 is 5.97 Å². The molecule has 82 valence electrons. The molecule has 0 bridgehead atoms. The van der Waals surface area contributed by atoms with Crippen molar-refractivity contribution in [3.63, 3.8) is 0 Å². The monoisotopic (exact) mass is 218 g/mol. The highest BCUT2D eigenvalue weighted by Gasteiger charge is 2.11. The van der Waals surface area contributed by atoms with Crippen LogP contribution in [0.2, 0.25) is 0 Å². The van der Waals surface area contributed by atoms with Crippen molar-refractivity contribution in [1.82, 2.24) is 4.98 Å². The molecule has 0 radical (unpaired) electrons. The molecule has 0 atom stereocenters. The second kappa shape index (κ2) is 3.37. The van der Waals surface area contributed by atoms with Crippen LogP contribution in [-0.4, -0.2) is 16.1 Å². The van der Waals surface area contributed by atoms with Crippen LogP contribution < -0.4 is 11.2 Å². The van der Waals surface area contributed by atoms with Crippen LogP contribution in [0, 0.1) is 6.92 Å². The first-order valence-electron chi connectivity index (χ1n) is 4.65. The van der Waals surface area contributed by atoms with Gasteiger partial charge in [0.15, 0.2) is 0 Å². The first-order valence-corrected chi connectivity index (χ1v) is 4.65. The molecule has 16 heavy (non-hydrogen) atoms. The maximum atomic E-state index is 11.8. The lowest BCUT2D eigenvalue weighted by Crippen LogP contribution is -2.15. The van der Waals surface area contributed by atoms with Crippen molar-refractivity contribution in [2.45, 2.75) is 6.92 Å². The molecule has 1 aromatic carbocycles. The number of hydrogen-bond donors (Lipinski definition) is 3. The van der Waals surface area contributed by atoms with Gasteiger partial charge in [-0.05, 0) is 24.6 Å². The van der Waals surface area contributed by atoms with Crippen molar-refractivity contribution in [3.05, 3.63) is 39.7 Å². The van der Waals surface area contributed by atoms with Crippen molar-refractivity contribution in [1.29, 1.82) is 0 Å². The van der Waals surface area contributed by atoms with Crippen LogP contribution in [0.1, 0.15) is 15.9 Å². The molecule has 0 saturated carbocycles. The van der Waals surface area contributed by atoms with Gasteiger partial charge in [0.25, 0.3) is 0 Å². The van der Waals surface area contributed by atoms with Gasteiger partial charge in [0, 0.05) is 22.8 Å². The molecule has 0 saturated heterocycles. The molecule has 0 fully saturated rings. The third-order valence-corrected chi connectivity index (χ3v) is 2.50. The van der Waals surface area contributed by atoms with Crippen molar-refractivity contribution in [2.24, 2.45) is 0 Å². The topological polar surface area (TPSA) is 96.2 Å². The summed E-state index contributed by atoms with van der Waals surface area (Å²) >= 11 is 0. The molecule has 2 rings (SSSR count). The van der Waals surface area contributed by atoms with Crippen molar-refractivity contribution in [2.75, 3.05) is 5.73 Å². The number of anilines is 1. The molecular formula is C11H10N2O3. The van der Waals surface area contributed by atoms with Crippen molar-refractivity contribution < 1.29 is 9.90 Å². The minimum atomic E-state index is -1.25. The summed E-state index contributed by atoms with van der Waals surface area (Å²) in [5.41, 5.74) is 6.78. The van der Waals surface area contributed by atoms with E-state index in [2.05, 4.69) is 4.98 Å². The Kier molecular flexibility index (Phi) is 2.16. The van der Waals surface area contributed by atoms with E-state index in [1.165, 1.54) is 12.3 Å². The standard InChI is InChI=1S/C11H10N2O3/c1-5-2-9-6(3-8(5)12)10(14)7(4-13-9)11(15)16/h2-4H,12H2,1H3,(H,13,14)(H,15,16). The molecule has 0 aliphatic heterocycles. The number of fused-ring (bicyclic) bond motifs is 1. The number of nitrogens with two attached hydrogens (primary N) is 1. The number of hydrogen-bond acceptors (Lipinski definition) is 3. The summed E-state index contributed by atoms with van der Waals surface area (Å²) in [5, 5.41) is 9.09. The highest BCUT2D eigenvalue weighted by atomic mass is 16.4. The van der Waals surface area contributed by atoms with E-state index in [0.29, 0.717) is 16.6 Å². The van der Waals surface area contributed by atoms with E-state index in [4.69, 9.17) is 10.8 Å². The summed E-state index contributed by atoms with van der Waals surface area (Å²) in [4.78, 5) is 25.3. The fourth-order valence-electron chi connectivity index (χ4n) is 1.55. The van der Waals surface area contributed by atoms with Gasteiger partial charge in [-0.15, -0.1) is 0 Å². The van der Waals surface area contributed by atoms with E-state index >= 15 is 0 Å². The maximum Gasteiger partial charge on any atom is 0.341 e. The first-order chi connectivity index (χ1) is 7.50. The normalized spacial score (nSPS) is 10.6. The van der Waals surface area contributed by atoms with Crippen LogP contribution in [0.3, 0.4) is 0 Å². The average Bonchev–Trinajstić information content (AvgIpc) is 2.21. The van der Waals surface area contributed by atoms with Gasteiger partial charge in [-0.25, -0.2) is 4.79 Å². The lowest BCUT2D eigenvalue weighted by molar-refractivity contribution is 0.0695. The van der Waals surface area contributed by atoms with Gasteiger partial charge in [0.05, 0.1) is 0 Å². The fourth-order valence-corrected chi connectivity index (χ4v) is 1.55. The Labute approximate surface area is 90.5 Å². The van der Waals surface area contributed by atoms with Crippen LogP contribution in [-0.2, 0) is 0 Å². The number of aromatic carboxylic acids is 1. The highest BCUT2D eigenvalue weighted by Crippen LogP contribution is 2.17. The number of carboxylic acid groups (broad SMARTS) is 1. The fraction of sp³-hybridized carbons (Fsp3) is 0.0909. The molecule has 0 aliphatic rings. The summed E-state index contributed by atoms with van der Waals surface area (Å²) in [7, 11) is 0. The van der Waals surface area contributed by atoms with Crippen LogP contribution in [0.4, 0.5) is 5.69 Å². The number of H-pyrrole nitrogens is 1. The smallest absolute Gasteiger partial charge is 0.341 e. The molecule has 0 amide bonds. The predicted molar refractivity (Wildman–Crippen MR) is 60.7 cm³/mol. The second-order valence-electron chi connectivity index (χ2n) is 3.59. The lowest BCUT2D eigenvalue weighted by Gasteiger charge is -2.04. The Balaban J connectivity index is 2.90. The van der Waals surface area contributed by atoms with Crippen LogP contribution in [0.5, 0.6) is 0 Å². The lowest BCUT2D eigenvalue weighted by atomic mass is 10.1. The average molecular weight is 218 g/mol. The zero-order valence-electron chi connectivity index (χ0n) is 8.57. The minimum absolute atomic E-state index is 0.282. The molecule has 0 aliphatic carbocycles. The Morgan fingerprint density at radius 1 is 1.44 bits per heavy atom. The number of benzene rings is 1. The zero-order chi connectivity index (χ0) is 11.9. The van der Waals surface area contributed by atoms with Gasteiger partial charge < -0.3 is 15.8 Å². The second-order valence-corrected chi connectivity index (χ2v) is 3.59. The zero-order valence-corrected chi connectivity index (χ0v) is 8.57. The molecule has 0 unspecified atom stereocenters. The van der Waals surface area contributed by atoms with Gasteiger partial charge in [0.2, 0.25) is 5.43 Å². The number of aromatic amines is 1. The van der Waals surface area contributed by atoms with Crippen molar-refractivity contribution >= 4 is 22.6 Å². The Morgan fingerprint density at radius 3 is 2.75 bits per heavy atom. The van der Waals surface area contributed by atoms with Crippen LogP contribution >= 0.6 is 0 Å². The van der Waals surface area contributed by atoms with Crippen LogP contribution in [0.15, 0.2) is 23.1 Å². The Bertz CT molecular complexity index is 643. The molecule has 2 aromatic rings. The summed E-state index contributed by atoms with van der Waals surface area (Å²) in [5.74, 6) is -1.25. The van der Waals surface area contributed by atoms with E-state index in [-0.39, 0.29) is 5.56 Å². The van der Waals surface area contributed by atoms with E-state index in [9.17, 15) is 9.59 Å². The SMILES string of the molecule is Cc1cc2[nH]cc(C(=O)O)c(=O)c2cc1N.